The molecule has 0 saturated heterocycles. The number of aliphatic carboxylic acids is 1. The molecule has 0 aromatic heterocycles. The van der Waals surface area contributed by atoms with Crippen LogP contribution in [0.2, 0.25) is 0 Å². The number of ether oxygens (including phenoxy) is 3. The van der Waals surface area contributed by atoms with Crippen molar-refractivity contribution in [3.05, 3.63) is 59.7 Å². The number of nitrogens with two attached hydrogens (primary N) is 1. The summed E-state index contributed by atoms with van der Waals surface area (Å²) in [6, 6.07) is 11.6. The summed E-state index contributed by atoms with van der Waals surface area (Å²) < 4.78 is 16.7. The number of hydrogen-bond donors (Lipinski definition) is 2. The van der Waals surface area contributed by atoms with Crippen molar-refractivity contribution in [3.63, 3.8) is 0 Å². The maximum atomic E-state index is 12.7. The summed E-state index contributed by atoms with van der Waals surface area (Å²) >= 11 is 0. The van der Waals surface area contributed by atoms with E-state index in [1.165, 1.54) is 12.1 Å². The van der Waals surface area contributed by atoms with Crippen molar-refractivity contribution < 1.29 is 38.5 Å². The highest BCUT2D eigenvalue weighted by atomic mass is 16.6. The fourth-order valence-electron chi connectivity index (χ4n) is 4.00. The molecule has 0 aliphatic rings. The van der Waals surface area contributed by atoms with E-state index in [9.17, 15) is 24.3 Å². The van der Waals surface area contributed by atoms with E-state index in [2.05, 4.69) is 0 Å². The predicted molar refractivity (Wildman–Crippen MR) is 150 cm³/mol. The lowest BCUT2D eigenvalue weighted by molar-refractivity contribution is -0.139. The number of hydrogen-bond acceptors (Lipinski definition) is 8. The maximum Gasteiger partial charge on any atom is 0.338 e. The molecule has 0 radical (unpaired) electrons. The van der Waals surface area contributed by atoms with E-state index < -0.39 is 41.9 Å². The summed E-state index contributed by atoms with van der Waals surface area (Å²) in [6.07, 6.45) is -0.401. The highest BCUT2D eigenvalue weighted by Crippen LogP contribution is 2.36. The zero-order valence-electron chi connectivity index (χ0n) is 24.4. The third-order valence-electron chi connectivity index (χ3n) is 5.82. The van der Waals surface area contributed by atoms with Crippen LogP contribution in [-0.2, 0) is 19.1 Å². The van der Waals surface area contributed by atoms with Crippen LogP contribution >= 0.6 is 0 Å². The third kappa shape index (κ3) is 10.8. The van der Waals surface area contributed by atoms with Crippen LogP contribution in [0, 0.1) is 10.8 Å². The van der Waals surface area contributed by atoms with Gasteiger partial charge in [-0.1, -0.05) is 65.8 Å². The first-order valence-corrected chi connectivity index (χ1v) is 13.2. The largest absolute Gasteiger partial charge is 0.480 e. The van der Waals surface area contributed by atoms with Gasteiger partial charge in [-0.25, -0.2) is 4.79 Å². The van der Waals surface area contributed by atoms with Crippen molar-refractivity contribution in [3.8, 4) is 11.5 Å². The predicted octanol–water partition coefficient (Wildman–Crippen LogP) is 5.50. The first kappa shape index (κ1) is 32.5. The van der Waals surface area contributed by atoms with Crippen LogP contribution in [0.3, 0.4) is 0 Å². The molecule has 0 spiro atoms. The zero-order valence-corrected chi connectivity index (χ0v) is 24.4. The maximum absolute atomic E-state index is 12.7. The monoisotopic (exact) mass is 555 g/mol. The number of carbonyl (C=O) groups is 4. The second kappa shape index (κ2) is 13.6. The molecule has 0 fully saturated rings. The van der Waals surface area contributed by atoms with Crippen molar-refractivity contribution in [1.82, 2.24) is 0 Å². The Morgan fingerprint density at radius 1 is 0.825 bits per heavy atom. The van der Waals surface area contributed by atoms with Gasteiger partial charge in [0.1, 0.15) is 12.1 Å². The smallest absolute Gasteiger partial charge is 0.338 e. The highest BCUT2D eigenvalue weighted by molar-refractivity contribution is 5.89. The van der Waals surface area contributed by atoms with Crippen molar-refractivity contribution in [1.29, 1.82) is 0 Å². The summed E-state index contributed by atoms with van der Waals surface area (Å²) in [7, 11) is 0. The van der Waals surface area contributed by atoms with Gasteiger partial charge in [0.25, 0.3) is 0 Å². The first-order chi connectivity index (χ1) is 18.4. The molecule has 2 aromatic carbocycles. The Balaban J connectivity index is 2.40. The van der Waals surface area contributed by atoms with E-state index in [1.807, 2.05) is 41.5 Å². The van der Waals surface area contributed by atoms with E-state index in [0.717, 1.165) is 0 Å². The SMILES string of the molecule is CC(CC(c1ccc(OC(=O)CC(C)(C)C)c(OC(=O)CC(C)(C)C)c1)[C@H](N)C(=O)O)OC(=O)c1ccccc1. The van der Waals surface area contributed by atoms with Gasteiger partial charge < -0.3 is 25.1 Å². The van der Waals surface area contributed by atoms with Gasteiger partial charge in [0, 0.05) is 5.92 Å². The minimum absolute atomic E-state index is 0.0227. The Hall–Kier alpha value is -3.72. The van der Waals surface area contributed by atoms with Gasteiger partial charge in [-0.15, -0.1) is 0 Å². The number of rotatable bonds is 11. The lowest BCUT2D eigenvalue weighted by Crippen LogP contribution is -2.38. The molecule has 0 bridgehead atoms. The third-order valence-corrected chi connectivity index (χ3v) is 5.82. The second-order valence-electron chi connectivity index (χ2n) is 12.4. The van der Waals surface area contributed by atoms with Gasteiger partial charge in [-0.2, -0.15) is 0 Å². The fraction of sp³-hybridized carbons (Fsp3) is 0.484. The highest BCUT2D eigenvalue weighted by Gasteiger charge is 2.31. The molecule has 0 amide bonds. The van der Waals surface area contributed by atoms with E-state index in [4.69, 9.17) is 19.9 Å². The molecule has 218 valence electrons. The van der Waals surface area contributed by atoms with Gasteiger partial charge in [0.15, 0.2) is 11.5 Å². The number of carboxylic acid groups (broad SMARTS) is 1. The van der Waals surface area contributed by atoms with Gasteiger partial charge in [0.2, 0.25) is 0 Å². The van der Waals surface area contributed by atoms with Crippen LogP contribution in [0.1, 0.15) is 89.6 Å². The first-order valence-electron chi connectivity index (χ1n) is 13.2. The van der Waals surface area contributed by atoms with Crippen LogP contribution in [0.25, 0.3) is 0 Å². The normalized spacial score (nSPS) is 14.0. The van der Waals surface area contributed by atoms with E-state index in [-0.39, 0.29) is 41.6 Å². The molecule has 2 unspecified atom stereocenters. The molecule has 2 aromatic rings. The summed E-state index contributed by atoms with van der Waals surface area (Å²) in [4.78, 5) is 49.7. The summed E-state index contributed by atoms with van der Waals surface area (Å²) in [5.41, 5.74) is 6.18. The molecule has 0 heterocycles. The Labute approximate surface area is 236 Å². The Morgan fingerprint density at radius 2 is 1.35 bits per heavy atom. The molecule has 3 atom stereocenters. The molecular weight excluding hydrogens is 514 g/mol. The Kier molecular flexibility index (Phi) is 11.0. The summed E-state index contributed by atoms with van der Waals surface area (Å²) in [6.45, 7) is 13.0. The van der Waals surface area contributed by atoms with Crippen LogP contribution < -0.4 is 15.2 Å². The van der Waals surface area contributed by atoms with E-state index in [0.29, 0.717) is 11.1 Å². The topological polar surface area (TPSA) is 142 Å². The van der Waals surface area contributed by atoms with E-state index in [1.54, 1.807) is 43.3 Å². The fourth-order valence-corrected chi connectivity index (χ4v) is 4.00. The van der Waals surface area contributed by atoms with Gasteiger partial charge in [-0.05, 0) is 54.0 Å². The summed E-state index contributed by atoms with van der Waals surface area (Å²) in [5.74, 6) is -3.66. The molecule has 9 nitrogen and oxygen atoms in total. The summed E-state index contributed by atoms with van der Waals surface area (Å²) in [5, 5.41) is 9.72. The standard InChI is InChI=1S/C31H41NO8/c1-19(38-29(37)20-11-9-8-10-12-20)15-22(27(32)28(35)36)21-13-14-23(39-25(33)17-30(2,3)4)24(16-21)40-26(34)18-31(5,6)7/h8-14,16,19,22,27H,15,17-18,32H2,1-7H3,(H,35,36)/t19?,22?,27-/m0/s1. The average molecular weight is 556 g/mol. The molecular formula is C31H41NO8. The van der Waals surface area contributed by atoms with Crippen molar-refractivity contribution >= 4 is 23.9 Å². The van der Waals surface area contributed by atoms with Crippen LogP contribution in [-0.4, -0.2) is 41.1 Å². The average Bonchev–Trinajstić information content (AvgIpc) is 2.81. The molecule has 2 rings (SSSR count). The Morgan fingerprint density at radius 3 is 1.85 bits per heavy atom. The minimum Gasteiger partial charge on any atom is -0.480 e. The van der Waals surface area contributed by atoms with Crippen LogP contribution in [0.5, 0.6) is 11.5 Å². The lowest BCUT2D eigenvalue weighted by atomic mass is 9.87. The molecule has 0 aliphatic carbocycles. The number of esters is 3. The van der Waals surface area contributed by atoms with Gasteiger partial charge >= 0.3 is 23.9 Å². The van der Waals surface area contributed by atoms with Crippen molar-refractivity contribution in [2.45, 2.75) is 85.8 Å². The minimum atomic E-state index is -1.36. The van der Waals surface area contributed by atoms with Gasteiger partial charge in [0.05, 0.1) is 18.4 Å². The second-order valence-corrected chi connectivity index (χ2v) is 12.4. The molecule has 40 heavy (non-hydrogen) atoms. The Bertz CT molecular complexity index is 1190. The molecule has 0 saturated carbocycles. The van der Waals surface area contributed by atoms with Crippen LogP contribution in [0.15, 0.2) is 48.5 Å². The van der Waals surface area contributed by atoms with Crippen LogP contribution in [0.4, 0.5) is 0 Å². The molecule has 9 heteroatoms. The lowest BCUT2D eigenvalue weighted by Gasteiger charge is -2.26. The number of benzene rings is 2. The van der Waals surface area contributed by atoms with Gasteiger partial charge in [-0.3, -0.25) is 14.4 Å². The van der Waals surface area contributed by atoms with E-state index >= 15 is 0 Å². The quantitative estimate of drug-likeness (QED) is 0.271. The number of carboxylic acids is 1. The molecule has 0 aliphatic heterocycles. The van der Waals surface area contributed by atoms with Crippen molar-refractivity contribution in [2.24, 2.45) is 16.6 Å². The van der Waals surface area contributed by atoms with Crippen molar-refractivity contribution in [2.75, 3.05) is 0 Å². The zero-order chi connectivity index (χ0) is 30.3. The number of carbonyl (C=O) groups excluding carboxylic acids is 3. The molecule has 3 N–H and O–H groups in total.